The van der Waals surface area contributed by atoms with Crippen molar-refractivity contribution < 1.29 is 14.3 Å². The third-order valence-electron chi connectivity index (χ3n) is 3.19. The maximum Gasteiger partial charge on any atom is 0.299 e. The second kappa shape index (κ2) is 6.70. The highest BCUT2D eigenvalue weighted by molar-refractivity contribution is 5.65. The summed E-state index contributed by atoms with van der Waals surface area (Å²) < 4.78 is 5.23. The Morgan fingerprint density at radius 1 is 1.23 bits per heavy atom. The van der Waals surface area contributed by atoms with Gasteiger partial charge in [0, 0.05) is 18.5 Å². The molecule has 1 aromatic carbocycles. The molecule has 1 heterocycles. The Balaban J connectivity index is 2.07. The number of anilines is 1. The third kappa shape index (κ3) is 3.81. The Kier molecular flexibility index (Phi) is 4.72. The van der Waals surface area contributed by atoms with Gasteiger partial charge in [-0.25, -0.2) is 0 Å². The van der Waals surface area contributed by atoms with Crippen LogP contribution < -0.4 is 5.32 Å². The van der Waals surface area contributed by atoms with Crippen molar-refractivity contribution in [2.24, 2.45) is 0 Å². The van der Waals surface area contributed by atoms with E-state index in [0.29, 0.717) is 12.8 Å². The van der Waals surface area contributed by atoms with E-state index in [1.807, 2.05) is 13.0 Å². The summed E-state index contributed by atoms with van der Waals surface area (Å²) in [6.45, 7) is 1.88. The van der Waals surface area contributed by atoms with E-state index in [1.165, 1.54) is 12.1 Å². The van der Waals surface area contributed by atoms with E-state index in [1.54, 1.807) is 12.3 Å². The summed E-state index contributed by atoms with van der Waals surface area (Å²) in [5, 5.41) is 24.8. The van der Waals surface area contributed by atoms with E-state index >= 15 is 0 Å². The topological polar surface area (TPSA) is 111 Å². The molecule has 8 nitrogen and oxygen atoms in total. The summed E-state index contributed by atoms with van der Waals surface area (Å²) in [5.41, 5.74) is -0.345. The molecule has 0 aliphatic heterocycles. The first-order chi connectivity index (χ1) is 10.5. The molecular weight excluding hydrogens is 290 g/mol. The van der Waals surface area contributed by atoms with Crippen LogP contribution in [0.1, 0.15) is 19.1 Å². The molecule has 0 aliphatic carbocycles. The maximum atomic E-state index is 11.1. The third-order valence-corrected chi connectivity index (χ3v) is 3.19. The highest BCUT2D eigenvalue weighted by atomic mass is 16.6. The standard InChI is InChI=1S/C14H15N3O5/c1-10(4-6-12-3-2-8-22-12)15-13-7-5-11(16(18)19)9-14(13)17(20)21/h2-3,5,7-10,15H,4,6H2,1H3/t10-/m1/s1. The molecular formula is C14H15N3O5. The Morgan fingerprint density at radius 2 is 2.00 bits per heavy atom. The number of nitro benzene ring substituents is 2. The van der Waals surface area contributed by atoms with Gasteiger partial charge in [-0.15, -0.1) is 0 Å². The van der Waals surface area contributed by atoms with Crippen LogP contribution in [0.4, 0.5) is 17.1 Å². The van der Waals surface area contributed by atoms with E-state index in [0.717, 1.165) is 11.8 Å². The van der Waals surface area contributed by atoms with Crippen LogP contribution in [0.5, 0.6) is 0 Å². The molecule has 22 heavy (non-hydrogen) atoms. The van der Waals surface area contributed by atoms with E-state index in [-0.39, 0.29) is 23.1 Å². The van der Waals surface area contributed by atoms with Crippen molar-refractivity contribution in [2.45, 2.75) is 25.8 Å². The van der Waals surface area contributed by atoms with Gasteiger partial charge in [0.25, 0.3) is 11.4 Å². The molecule has 0 unspecified atom stereocenters. The van der Waals surface area contributed by atoms with Crippen LogP contribution >= 0.6 is 0 Å². The number of nitrogens with zero attached hydrogens (tertiary/aromatic N) is 2. The fraction of sp³-hybridized carbons (Fsp3) is 0.286. The minimum atomic E-state index is -0.656. The lowest BCUT2D eigenvalue weighted by Gasteiger charge is -2.14. The molecule has 0 spiro atoms. The van der Waals surface area contributed by atoms with Crippen LogP contribution in [0.15, 0.2) is 41.0 Å². The minimum absolute atomic E-state index is 0.0507. The Hall–Kier alpha value is -2.90. The molecule has 0 radical (unpaired) electrons. The molecule has 0 fully saturated rings. The normalized spacial score (nSPS) is 11.9. The molecule has 0 amide bonds. The van der Waals surface area contributed by atoms with Crippen LogP contribution in [0.3, 0.4) is 0 Å². The fourth-order valence-corrected chi connectivity index (χ4v) is 2.06. The second-order valence-corrected chi connectivity index (χ2v) is 4.88. The maximum absolute atomic E-state index is 11.1. The summed E-state index contributed by atoms with van der Waals surface area (Å²) in [6.07, 6.45) is 3.00. The Morgan fingerprint density at radius 3 is 2.59 bits per heavy atom. The molecule has 1 N–H and O–H groups in total. The van der Waals surface area contributed by atoms with Gasteiger partial charge in [0.15, 0.2) is 0 Å². The van der Waals surface area contributed by atoms with Crippen LogP contribution in [0, 0.1) is 20.2 Å². The van der Waals surface area contributed by atoms with Gasteiger partial charge in [-0.1, -0.05) is 0 Å². The number of benzene rings is 1. The van der Waals surface area contributed by atoms with Gasteiger partial charge in [0.2, 0.25) is 0 Å². The molecule has 1 aromatic heterocycles. The number of nitrogens with one attached hydrogen (secondary N) is 1. The van der Waals surface area contributed by atoms with Gasteiger partial charge < -0.3 is 9.73 Å². The van der Waals surface area contributed by atoms with Crippen molar-refractivity contribution in [1.82, 2.24) is 0 Å². The Bertz CT molecular complexity index is 669. The number of rotatable bonds is 7. The lowest BCUT2D eigenvalue weighted by molar-refractivity contribution is -0.393. The predicted molar refractivity (Wildman–Crippen MR) is 79.9 cm³/mol. The summed E-state index contributed by atoms with van der Waals surface area (Å²) >= 11 is 0. The first-order valence-electron chi connectivity index (χ1n) is 6.69. The highest BCUT2D eigenvalue weighted by Crippen LogP contribution is 2.29. The Labute approximate surface area is 126 Å². The number of hydrogen-bond donors (Lipinski definition) is 1. The van der Waals surface area contributed by atoms with E-state index < -0.39 is 9.85 Å². The minimum Gasteiger partial charge on any atom is -0.469 e. The lowest BCUT2D eigenvalue weighted by atomic mass is 10.1. The largest absolute Gasteiger partial charge is 0.469 e. The number of furan rings is 1. The molecule has 8 heteroatoms. The lowest BCUT2D eigenvalue weighted by Crippen LogP contribution is -2.16. The monoisotopic (exact) mass is 305 g/mol. The average Bonchev–Trinajstić information content (AvgIpc) is 2.98. The molecule has 1 atom stereocenters. The van der Waals surface area contributed by atoms with Crippen molar-refractivity contribution in [1.29, 1.82) is 0 Å². The van der Waals surface area contributed by atoms with Crippen molar-refractivity contribution in [3.63, 3.8) is 0 Å². The molecule has 0 saturated carbocycles. The van der Waals surface area contributed by atoms with Crippen molar-refractivity contribution >= 4 is 17.1 Å². The van der Waals surface area contributed by atoms with Crippen LogP contribution in [-0.4, -0.2) is 15.9 Å². The summed E-state index contributed by atoms with van der Waals surface area (Å²) in [7, 11) is 0. The predicted octanol–water partition coefficient (Wildman–Crippen LogP) is 3.53. The first-order valence-corrected chi connectivity index (χ1v) is 6.69. The van der Waals surface area contributed by atoms with E-state index in [2.05, 4.69) is 5.32 Å². The van der Waals surface area contributed by atoms with E-state index in [4.69, 9.17) is 4.42 Å². The number of nitro groups is 2. The fourth-order valence-electron chi connectivity index (χ4n) is 2.06. The van der Waals surface area contributed by atoms with Gasteiger partial charge >= 0.3 is 0 Å². The van der Waals surface area contributed by atoms with Gasteiger partial charge in [-0.05, 0) is 31.5 Å². The molecule has 0 aliphatic rings. The zero-order chi connectivity index (χ0) is 16.1. The van der Waals surface area contributed by atoms with Crippen LogP contribution in [0.2, 0.25) is 0 Å². The smallest absolute Gasteiger partial charge is 0.299 e. The number of hydrogen-bond acceptors (Lipinski definition) is 6. The van der Waals surface area contributed by atoms with Crippen molar-refractivity contribution in [3.05, 3.63) is 62.6 Å². The zero-order valence-corrected chi connectivity index (χ0v) is 11.9. The number of aryl methyl sites for hydroxylation is 1. The van der Waals surface area contributed by atoms with Crippen LogP contribution in [-0.2, 0) is 6.42 Å². The van der Waals surface area contributed by atoms with Crippen molar-refractivity contribution in [3.8, 4) is 0 Å². The first kappa shape index (κ1) is 15.5. The highest BCUT2D eigenvalue weighted by Gasteiger charge is 2.20. The molecule has 0 saturated heterocycles. The summed E-state index contributed by atoms with van der Waals surface area (Å²) in [6, 6.07) is 7.18. The molecule has 0 bridgehead atoms. The molecule has 116 valence electrons. The summed E-state index contributed by atoms with van der Waals surface area (Å²) in [5.74, 6) is 0.840. The average molecular weight is 305 g/mol. The number of non-ortho nitro benzene ring substituents is 1. The van der Waals surface area contributed by atoms with Gasteiger partial charge in [0.1, 0.15) is 11.4 Å². The van der Waals surface area contributed by atoms with Crippen LogP contribution in [0.25, 0.3) is 0 Å². The summed E-state index contributed by atoms with van der Waals surface area (Å²) in [4.78, 5) is 20.5. The molecule has 2 rings (SSSR count). The van der Waals surface area contributed by atoms with Gasteiger partial charge in [0.05, 0.1) is 22.2 Å². The van der Waals surface area contributed by atoms with Gasteiger partial charge in [-0.3, -0.25) is 20.2 Å². The molecule has 2 aromatic rings. The van der Waals surface area contributed by atoms with E-state index in [9.17, 15) is 20.2 Å². The van der Waals surface area contributed by atoms with Crippen molar-refractivity contribution in [2.75, 3.05) is 5.32 Å². The van der Waals surface area contributed by atoms with Gasteiger partial charge in [-0.2, -0.15) is 0 Å². The SMILES string of the molecule is C[C@H](CCc1ccco1)Nc1ccc([N+](=O)[O-])cc1[N+](=O)[O-]. The second-order valence-electron chi connectivity index (χ2n) is 4.88. The zero-order valence-electron chi connectivity index (χ0n) is 11.9. The quantitative estimate of drug-likeness (QED) is 0.618.